The number of hydrogen-bond acceptors (Lipinski definition) is 5. The average Bonchev–Trinajstić information content (AvgIpc) is 3.85. The van der Waals surface area contributed by atoms with Crippen LogP contribution >= 0.6 is 0 Å². The van der Waals surface area contributed by atoms with E-state index < -0.39 is 0 Å². The van der Waals surface area contributed by atoms with Crippen LogP contribution in [0.25, 0.3) is 27.9 Å². The maximum absolute atomic E-state index is 11.1. The Labute approximate surface area is 235 Å². The van der Waals surface area contributed by atoms with E-state index in [4.69, 9.17) is 15.2 Å². The maximum atomic E-state index is 11.1. The first-order chi connectivity index (χ1) is 19.5. The first-order valence-electron chi connectivity index (χ1n) is 14.3. The van der Waals surface area contributed by atoms with Gasteiger partial charge in [-0.15, -0.1) is 0 Å². The predicted octanol–water partition coefficient (Wildman–Crippen LogP) is 6.83. The van der Waals surface area contributed by atoms with Crippen molar-refractivity contribution >= 4 is 39.3 Å². The molecule has 8 heteroatoms. The second kappa shape index (κ2) is 12.7. The first-order valence-corrected chi connectivity index (χ1v) is 14.3. The van der Waals surface area contributed by atoms with Crippen LogP contribution in [0.15, 0.2) is 54.9 Å². The van der Waals surface area contributed by atoms with Gasteiger partial charge >= 0.3 is 0 Å². The summed E-state index contributed by atoms with van der Waals surface area (Å²) in [5.74, 6) is 1.64. The van der Waals surface area contributed by atoms with Gasteiger partial charge in [-0.1, -0.05) is 12.2 Å². The van der Waals surface area contributed by atoms with Gasteiger partial charge in [0.1, 0.15) is 0 Å². The maximum Gasteiger partial charge on any atom is 0.270 e. The molecule has 2 saturated carbocycles. The number of aryl methyl sites for hydroxylation is 1. The molecule has 2 aromatic carbocycles. The summed E-state index contributed by atoms with van der Waals surface area (Å²) in [5, 5.41) is 13.3. The molecule has 2 aliphatic rings. The van der Waals surface area contributed by atoms with Gasteiger partial charge in [0.2, 0.25) is 0 Å². The topological polar surface area (TPSA) is 97.5 Å². The van der Waals surface area contributed by atoms with E-state index in [9.17, 15) is 10.1 Å². The quantitative estimate of drug-likeness (QED) is 0.0912. The Bertz CT molecular complexity index is 1490. The number of nitrogens with two attached hydrogens (primary N) is 1. The van der Waals surface area contributed by atoms with Crippen LogP contribution in [0.2, 0.25) is 0 Å². The van der Waals surface area contributed by atoms with E-state index in [1.807, 2.05) is 24.4 Å². The van der Waals surface area contributed by atoms with Gasteiger partial charge in [-0.05, 0) is 80.2 Å². The molecule has 8 nitrogen and oxygen atoms in total. The zero-order valence-corrected chi connectivity index (χ0v) is 23.6. The third-order valence-electron chi connectivity index (χ3n) is 7.71. The third-order valence-corrected chi connectivity index (χ3v) is 7.71. The Balaban J connectivity index is 0.000000162. The lowest BCUT2D eigenvalue weighted by molar-refractivity contribution is -0.384. The summed E-state index contributed by atoms with van der Waals surface area (Å²) in [6.45, 7) is 3.45. The van der Waals surface area contributed by atoms with Crippen molar-refractivity contribution in [2.75, 3.05) is 33.2 Å². The molecule has 40 heavy (non-hydrogen) atoms. The molecule has 2 fully saturated rings. The molecule has 2 N–H and O–H groups in total. The standard InChI is InChI=1S/C16H18N2O3.C16H22N2O/c1-21-8-2-3-13-9-15(18(19)20)10-14-6-7-17(16(13)14)11-12-4-5-12;1-19-8-2-3-13-9-15(17)10-14-6-7-18(16(13)14)11-12-4-5-12/h2-3,6-7,9-10,12H,4-5,8,11H2,1H3;6-7,9-10,12H,2-5,8,11,17H2,1H3/b3-2+;. The largest absolute Gasteiger partial charge is 0.399 e. The molecule has 212 valence electrons. The summed E-state index contributed by atoms with van der Waals surface area (Å²) in [5.41, 5.74) is 11.7. The molecule has 0 radical (unpaired) electrons. The van der Waals surface area contributed by atoms with Crippen molar-refractivity contribution in [1.29, 1.82) is 0 Å². The van der Waals surface area contributed by atoms with Gasteiger partial charge in [0.15, 0.2) is 0 Å². The lowest BCUT2D eigenvalue weighted by atomic mass is 10.1. The number of fused-ring (bicyclic) bond motifs is 2. The number of nitrogens with zero attached hydrogens (tertiary/aromatic N) is 3. The van der Waals surface area contributed by atoms with Gasteiger partial charge in [0.25, 0.3) is 5.69 Å². The molecule has 6 rings (SSSR count). The monoisotopic (exact) mass is 544 g/mol. The van der Waals surface area contributed by atoms with Crippen LogP contribution in [-0.2, 0) is 29.0 Å². The van der Waals surface area contributed by atoms with Gasteiger partial charge in [0.05, 0.1) is 22.6 Å². The molecule has 0 atom stereocenters. The van der Waals surface area contributed by atoms with Gasteiger partial charge in [-0.2, -0.15) is 0 Å². The second-order valence-corrected chi connectivity index (χ2v) is 11.1. The molecule has 4 aromatic rings. The van der Waals surface area contributed by atoms with E-state index in [-0.39, 0.29) is 10.6 Å². The smallest absolute Gasteiger partial charge is 0.270 e. The second-order valence-electron chi connectivity index (χ2n) is 11.1. The van der Waals surface area contributed by atoms with Crippen molar-refractivity contribution in [3.05, 3.63) is 76.1 Å². The van der Waals surface area contributed by atoms with E-state index in [0.29, 0.717) is 6.61 Å². The first kappa shape index (κ1) is 27.9. The predicted molar refractivity (Wildman–Crippen MR) is 161 cm³/mol. The minimum absolute atomic E-state index is 0.128. The summed E-state index contributed by atoms with van der Waals surface area (Å²) in [6, 6.07) is 11.6. The fourth-order valence-corrected chi connectivity index (χ4v) is 5.40. The number of hydrogen-bond donors (Lipinski definition) is 1. The SMILES string of the molecule is COC/C=C/c1cc([N+](=O)[O-])cc2ccn(CC3CC3)c12.COCCCc1cc(N)cc2ccn(CC3CC3)c12. The van der Waals surface area contributed by atoms with Gasteiger partial charge in [0, 0.05) is 80.5 Å². The normalized spacial score (nSPS) is 15.2. The Hall–Kier alpha value is -3.62. The minimum atomic E-state index is -0.342. The number of non-ortho nitro benzene ring substituents is 1. The number of ether oxygens (including phenoxy) is 2. The summed E-state index contributed by atoms with van der Waals surface area (Å²) in [4.78, 5) is 10.7. The molecule has 2 heterocycles. The van der Waals surface area contributed by atoms with E-state index in [2.05, 4.69) is 33.5 Å². The van der Waals surface area contributed by atoms with Gasteiger partial charge in [-0.3, -0.25) is 10.1 Å². The van der Waals surface area contributed by atoms with Crippen molar-refractivity contribution in [3.8, 4) is 0 Å². The van der Waals surface area contributed by atoms with Crippen molar-refractivity contribution in [1.82, 2.24) is 9.13 Å². The Morgan fingerprint density at radius 2 is 1.60 bits per heavy atom. The number of nitrogen functional groups attached to an aromatic ring is 1. The molecule has 0 spiro atoms. The van der Waals surface area contributed by atoms with Crippen molar-refractivity contribution < 1.29 is 14.4 Å². The lowest BCUT2D eigenvalue weighted by Gasteiger charge is -2.10. The number of nitro groups is 1. The summed E-state index contributed by atoms with van der Waals surface area (Å²) in [7, 11) is 3.38. The van der Waals surface area contributed by atoms with Crippen LogP contribution in [0.3, 0.4) is 0 Å². The Morgan fingerprint density at radius 3 is 2.20 bits per heavy atom. The summed E-state index contributed by atoms with van der Waals surface area (Å²) < 4.78 is 14.8. The highest BCUT2D eigenvalue weighted by Gasteiger charge is 2.24. The molecule has 0 unspecified atom stereocenters. The summed E-state index contributed by atoms with van der Waals surface area (Å²) in [6.07, 6.45) is 15.4. The number of nitro benzene ring substituents is 1. The van der Waals surface area contributed by atoms with E-state index in [0.717, 1.165) is 66.5 Å². The molecule has 0 aliphatic heterocycles. The van der Waals surface area contributed by atoms with Gasteiger partial charge < -0.3 is 24.3 Å². The molecular formula is C32H40N4O4. The van der Waals surface area contributed by atoms with E-state index in [1.165, 1.54) is 42.1 Å². The van der Waals surface area contributed by atoms with Crippen LogP contribution in [0, 0.1) is 22.0 Å². The van der Waals surface area contributed by atoms with Gasteiger partial charge in [-0.25, -0.2) is 0 Å². The molecule has 0 bridgehead atoms. The summed E-state index contributed by atoms with van der Waals surface area (Å²) >= 11 is 0. The number of benzene rings is 2. The molecular weight excluding hydrogens is 504 g/mol. The third kappa shape index (κ3) is 6.92. The van der Waals surface area contributed by atoms with Crippen molar-refractivity contribution in [3.63, 3.8) is 0 Å². The highest BCUT2D eigenvalue weighted by Crippen LogP contribution is 2.35. The zero-order valence-electron chi connectivity index (χ0n) is 23.6. The van der Waals surface area contributed by atoms with E-state index >= 15 is 0 Å². The minimum Gasteiger partial charge on any atom is -0.399 e. The average molecular weight is 545 g/mol. The van der Waals surface area contributed by atoms with Crippen LogP contribution in [0.5, 0.6) is 0 Å². The van der Waals surface area contributed by atoms with Crippen LogP contribution < -0.4 is 5.73 Å². The fourth-order valence-electron chi connectivity index (χ4n) is 5.40. The van der Waals surface area contributed by atoms with Crippen LogP contribution in [-0.4, -0.2) is 41.5 Å². The highest BCUT2D eigenvalue weighted by atomic mass is 16.6. The number of aromatic nitrogens is 2. The fraction of sp³-hybridized carbons (Fsp3) is 0.438. The number of methoxy groups -OCH3 is 2. The van der Waals surface area contributed by atoms with Crippen LogP contribution in [0.4, 0.5) is 11.4 Å². The van der Waals surface area contributed by atoms with Crippen molar-refractivity contribution in [2.24, 2.45) is 11.8 Å². The number of rotatable bonds is 12. The van der Waals surface area contributed by atoms with Crippen LogP contribution in [0.1, 0.15) is 43.2 Å². The molecule has 0 saturated heterocycles. The molecule has 2 aliphatic carbocycles. The lowest BCUT2D eigenvalue weighted by Crippen LogP contribution is -2.02. The highest BCUT2D eigenvalue weighted by molar-refractivity contribution is 5.91. The Morgan fingerprint density at radius 1 is 0.950 bits per heavy atom. The number of anilines is 1. The molecule has 2 aromatic heterocycles. The van der Waals surface area contributed by atoms with E-state index in [1.54, 1.807) is 26.4 Å². The van der Waals surface area contributed by atoms with Crippen molar-refractivity contribution in [2.45, 2.75) is 51.6 Å². The zero-order chi connectivity index (χ0) is 28.1. The molecule has 0 amide bonds. The Kier molecular flexibility index (Phi) is 8.87.